The molecule has 0 heterocycles. The molecule has 2 atom stereocenters. The lowest BCUT2D eigenvalue weighted by molar-refractivity contribution is -0.143. The number of unbranched alkanes of at least 4 members (excludes halogenated alkanes) is 55. The maximum Gasteiger partial charge on any atom is 0.305 e. The van der Waals surface area contributed by atoms with Crippen molar-refractivity contribution in [2.24, 2.45) is 0 Å². The minimum absolute atomic E-state index is 0.00431. The van der Waals surface area contributed by atoms with Crippen LogP contribution in [-0.2, 0) is 14.3 Å². The Bertz CT molecular complexity index is 1270. The lowest BCUT2D eigenvalue weighted by atomic mass is 10.0. The number of carbonyl (C=O) groups excluding carboxylic acids is 2. The highest BCUT2D eigenvalue weighted by Crippen LogP contribution is 2.20. The Balaban J connectivity index is 3.36. The van der Waals surface area contributed by atoms with Crippen molar-refractivity contribution in [3.05, 3.63) is 24.3 Å². The predicted molar refractivity (Wildman–Crippen MR) is 356 cm³/mol. The van der Waals surface area contributed by atoms with E-state index in [1.807, 2.05) is 0 Å². The fraction of sp³-hybridized carbons (Fsp3) is 0.920. The zero-order valence-corrected chi connectivity index (χ0v) is 55.0. The SMILES string of the molecule is CCCC/C=C\C/C=C\CCCCCCCC(=O)OCCCCCCCCCCCCCCCCCCCCCCCCCCCCCC(=O)NC(CO)C(O)CCCCCCCCCCCCCCCCCCCCCCCCC. The van der Waals surface area contributed by atoms with E-state index in [9.17, 15) is 19.8 Å². The van der Waals surface area contributed by atoms with Gasteiger partial charge in [0.15, 0.2) is 0 Å². The lowest BCUT2D eigenvalue weighted by Gasteiger charge is -2.22. The molecule has 81 heavy (non-hydrogen) atoms. The Morgan fingerprint density at radius 2 is 0.630 bits per heavy atom. The smallest absolute Gasteiger partial charge is 0.305 e. The Morgan fingerprint density at radius 3 is 0.975 bits per heavy atom. The number of nitrogens with one attached hydrogen (secondary N) is 1. The summed E-state index contributed by atoms with van der Waals surface area (Å²) >= 11 is 0. The average molecular weight is 1140 g/mol. The van der Waals surface area contributed by atoms with Crippen LogP contribution in [0.15, 0.2) is 24.3 Å². The quantitative estimate of drug-likeness (QED) is 0.0320. The van der Waals surface area contributed by atoms with E-state index in [1.54, 1.807) is 0 Å². The number of allylic oxidation sites excluding steroid dienone is 4. The summed E-state index contributed by atoms with van der Waals surface area (Å²) in [5.74, 6) is -0.0229. The van der Waals surface area contributed by atoms with Gasteiger partial charge in [-0.2, -0.15) is 0 Å². The molecule has 0 aliphatic heterocycles. The second kappa shape index (κ2) is 70.8. The van der Waals surface area contributed by atoms with Crippen molar-refractivity contribution in [1.82, 2.24) is 5.32 Å². The first-order valence-electron chi connectivity index (χ1n) is 37.1. The summed E-state index contributed by atoms with van der Waals surface area (Å²) in [7, 11) is 0. The van der Waals surface area contributed by atoms with Crippen LogP contribution in [0, 0.1) is 0 Å². The number of aliphatic hydroxyl groups excluding tert-OH is 2. The maximum absolute atomic E-state index is 12.6. The van der Waals surface area contributed by atoms with Crippen molar-refractivity contribution < 1.29 is 24.5 Å². The predicted octanol–water partition coefficient (Wildman–Crippen LogP) is 24.1. The van der Waals surface area contributed by atoms with Gasteiger partial charge in [-0.3, -0.25) is 9.59 Å². The molecular formula is C75H145NO5. The standard InChI is InChI=1S/C75H145NO5/c1-3-5-7-9-11-13-15-17-19-20-21-22-28-31-34-37-40-43-47-51-55-59-63-67-73(78)72(71-77)76-74(79)68-64-60-56-52-48-44-41-38-35-32-29-26-24-23-25-27-30-33-36-39-42-46-50-54-58-62-66-70-81-75(80)69-65-61-57-53-49-45-18-16-14-12-10-8-6-4-2/h10,12,16,18,72-73,77-78H,3-9,11,13-15,17,19-71H2,1-2H3,(H,76,79)/b12-10-,18-16-. The van der Waals surface area contributed by atoms with Crippen LogP contribution in [0.2, 0.25) is 0 Å². The lowest BCUT2D eigenvalue weighted by Crippen LogP contribution is -2.45. The van der Waals surface area contributed by atoms with Crippen LogP contribution in [0.25, 0.3) is 0 Å². The van der Waals surface area contributed by atoms with E-state index in [0.29, 0.717) is 25.9 Å². The molecule has 0 saturated heterocycles. The third-order valence-electron chi connectivity index (χ3n) is 17.5. The van der Waals surface area contributed by atoms with Crippen molar-refractivity contribution in [2.75, 3.05) is 13.2 Å². The van der Waals surface area contributed by atoms with Crippen LogP contribution < -0.4 is 5.32 Å². The van der Waals surface area contributed by atoms with Crippen LogP contribution in [0.5, 0.6) is 0 Å². The molecule has 2 unspecified atom stereocenters. The molecule has 6 nitrogen and oxygen atoms in total. The van der Waals surface area contributed by atoms with Gasteiger partial charge in [0.25, 0.3) is 0 Å². The number of esters is 1. The molecule has 0 aromatic rings. The number of carbonyl (C=O) groups is 2. The van der Waals surface area contributed by atoms with Gasteiger partial charge < -0.3 is 20.3 Å². The van der Waals surface area contributed by atoms with Gasteiger partial charge in [-0.05, 0) is 51.4 Å². The van der Waals surface area contributed by atoms with Crippen LogP contribution in [0.1, 0.15) is 418 Å². The summed E-state index contributed by atoms with van der Waals surface area (Å²) in [5, 5.41) is 23.5. The maximum atomic E-state index is 12.6. The molecule has 0 spiro atoms. The first kappa shape index (κ1) is 79.3. The molecule has 0 aromatic heterocycles. The molecule has 1 amide bonds. The van der Waals surface area contributed by atoms with Crippen LogP contribution >= 0.6 is 0 Å². The van der Waals surface area contributed by atoms with Crippen molar-refractivity contribution in [2.45, 2.75) is 431 Å². The van der Waals surface area contributed by atoms with Gasteiger partial charge in [0, 0.05) is 12.8 Å². The van der Waals surface area contributed by atoms with E-state index in [-0.39, 0.29) is 18.5 Å². The summed E-state index contributed by atoms with van der Waals surface area (Å²) in [6.07, 6.45) is 89.5. The number of ether oxygens (including phenoxy) is 1. The van der Waals surface area contributed by atoms with Gasteiger partial charge in [0.2, 0.25) is 5.91 Å². The summed E-state index contributed by atoms with van der Waals surface area (Å²) in [6, 6.07) is -0.541. The van der Waals surface area contributed by atoms with Gasteiger partial charge in [0.1, 0.15) is 0 Å². The number of amides is 1. The van der Waals surface area contributed by atoms with Crippen molar-refractivity contribution in [1.29, 1.82) is 0 Å². The van der Waals surface area contributed by atoms with Crippen molar-refractivity contribution in [3.63, 3.8) is 0 Å². The van der Waals surface area contributed by atoms with Gasteiger partial charge >= 0.3 is 5.97 Å². The molecule has 0 aliphatic rings. The first-order valence-corrected chi connectivity index (χ1v) is 37.1. The Kier molecular flexibility index (Phi) is 69.4. The fourth-order valence-electron chi connectivity index (χ4n) is 11.8. The highest BCUT2D eigenvalue weighted by atomic mass is 16.5. The Hall–Kier alpha value is -1.66. The number of aliphatic hydroxyl groups is 2. The molecule has 0 aromatic carbocycles. The van der Waals surface area contributed by atoms with Crippen LogP contribution in [0.3, 0.4) is 0 Å². The third kappa shape index (κ3) is 67.3. The van der Waals surface area contributed by atoms with Crippen LogP contribution in [0.4, 0.5) is 0 Å². The largest absolute Gasteiger partial charge is 0.466 e. The normalized spacial score (nSPS) is 12.6. The van der Waals surface area contributed by atoms with Gasteiger partial charge in [-0.1, -0.05) is 378 Å². The van der Waals surface area contributed by atoms with Crippen LogP contribution in [-0.4, -0.2) is 47.4 Å². The van der Waals surface area contributed by atoms with Gasteiger partial charge in [-0.25, -0.2) is 0 Å². The van der Waals surface area contributed by atoms with Crippen molar-refractivity contribution in [3.8, 4) is 0 Å². The number of hydrogen-bond donors (Lipinski definition) is 3. The van der Waals surface area contributed by atoms with E-state index in [2.05, 4.69) is 43.5 Å². The van der Waals surface area contributed by atoms with E-state index in [1.165, 1.54) is 334 Å². The van der Waals surface area contributed by atoms with Gasteiger partial charge in [-0.15, -0.1) is 0 Å². The number of hydrogen-bond acceptors (Lipinski definition) is 5. The monoisotopic (exact) mass is 1140 g/mol. The summed E-state index contributed by atoms with van der Waals surface area (Å²) in [6.45, 7) is 4.95. The molecule has 3 N–H and O–H groups in total. The molecule has 0 saturated carbocycles. The van der Waals surface area contributed by atoms with E-state index < -0.39 is 12.1 Å². The van der Waals surface area contributed by atoms with Crippen molar-refractivity contribution >= 4 is 11.9 Å². The summed E-state index contributed by atoms with van der Waals surface area (Å²) in [4.78, 5) is 24.6. The molecule has 0 radical (unpaired) electrons. The topological polar surface area (TPSA) is 95.9 Å². The molecule has 0 aliphatic carbocycles. The van der Waals surface area contributed by atoms with E-state index in [4.69, 9.17) is 4.74 Å². The molecule has 480 valence electrons. The third-order valence-corrected chi connectivity index (χ3v) is 17.5. The zero-order chi connectivity index (χ0) is 58.5. The second-order valence-corrected chi connectivity index (χ2v) is 25.6. The fourth-order valence-corrected chi connectivity index (χ4v) is 11.8. The average Bonchev–Trinajstić information content (AvgIpc) is 3.47. The second-order valence-electron chi connectivity index (χ2n) is 25.6. The Morgan fingerprint density at radius 1 is 0.346 bits per heavy atom. The molecular weight excluding hydrogens is 995 g/mol. The summed E-state index contributed by atoms with van der Waals surface area (Å²) in [5.41, 5.74) is 0. The number of rotatable bonds is 70. The Labute approximate surface area is 507 Å². The minimum Gasteiger partial charge on any atom is -0.466 e. The molecule has 0 rings (SSSR count). The molecule has 0 fully saturated rings. The highest BCUT2D eigenvalue weighted by Gasteiger charge is 2.20. The molecule has 0 bridgehead atoms. The highest BCUT2D eigenvalue weighted by molar-refractivity contribution is 5.76. The zero-order valence-electron chi connectivity index (χ0n) is 55.0. The van der Waals surface area contributed by atoms with E-state index in [0.717, 1.165) is 51.4 Å². The first-order chi connectivity index (χ1) is 40.0. The molecule has 6 heteroatoms. The van der Waals surface area contributed by atoms with Gasteiger partial charge in [0.05, 0.1) is 25.4 Å². The minimum atomic E-state index is -0.664. The van der Waals surface area contributed by atoms with E-state index >= 15 is 0 Å². The summed E-state index contributed by atoms with van der Waals surface area (Å²) < 4.78 is 5.48.